The molecule has 102 valence electrons. The fourth-order valence-corrected chi connectivity index (χ4v) is 2.10. The molecule has 2 N–H and O–H groups in total. The molecule has 4 nitrogen and oxygen atoms in total. The first-order valence-corrected chi connectivity index (χ1v) is 6.54. The molecule has 0 spiro atoms. The number of nitrogens with two attached hydrogens (primary N) is 1. The molecule has 0 unspecified atom stereocenters. The zero-order chi connectivity index (χ0) is 13.7. The summed E-state index contributed by atoms with van der Waals surface area (Å²) in [6, 6.07) is 0.274. The minimum Gasteiger partial charge on any atom is -0.368 e. The fourth-order valence-electron chi connectivity index (χ4n) is 2.10. The Morgan fingerprint density at radius 3 is 2.44 bits per heavy atom. The Labute approximate surface area is 108 Å². The van der Waals surface area contributed by atoms with Gasteiger partial charge in [0, 0.05) is 12.6 Å². The summed E-state index contributed by atoms with van der Waals surface area (Å²) >= 11 is 0. The van der Waals surface area contributed by atoms with Crippen molar-refractivity contribution in [1.29, 1.82) is 0 Å². The van der Waals surface area contributed by atoms with Crippen LogP contribution >= 0.6 is 0 Å². The van der Waals surface area contributed by atoms with Gasteiger partial charge < -0.3 is 10.6 Å². The average Bonchev–Trinajstić information content (AvgIpc) is 2.32. The van der Waals surface area contributed by atoms with E-state index in [9.17, 15) is 4.39 Å². The van der Waals surface area contributed by atoms with Gasteiger partial charge in [-0.3, -0.25) is 0 Å². The summed E-state index contributed by atoms with van der Waals surface area (Å²) in [5.74, 6) is 0.467. The van der Waals surface area contributed by atoms with E-state index in [1.54, 1.807) is 0 Å². The summed E-state index contributed by atoms with van der Waals surface area (Å²) in [6.07, 6.45) is 3.05. The van der Waals surface area contributed by atoms with E-state index in [0.717, 1.165) is 25.6 Å². The van der Waals surface area contributed by atoms with Crippen LogP contribution in [0.1, 0.15) is 40.5 Å². The normalized spacial score (nSPS) is 11.3. The molecule has 0 atom stereocenters. The molecule has 0 saturated carbocycles. The number of hydrogen-bond acceptors (Lipinski definition) is 4. The van der Waals surface area contributed by atoms with Crippen molar-refractivity contribution in [3.05, 3.63) is 12.0 Å². The van der Waals surface area contributed by atoms with Crippen molar-refractivity contribution < 1.29 is 4.39 Å². The standard InChI is InChI=1S/C13H23FN4/c1-5-10(6-2)18(8-9(3)4)12-11(14)7-16-13(15)17-12/h7,9-10H,5-6,8H2,1-4H3,(H2,15,16,17). The van der Waals surface area contributed by atoms with E-state index in [4.69, 9.17) is 5.73 Å². The van der Waals surface area contributed by atoms with Crippen molar-refractivity contribution >= 4 is 11.8 Å². The monoisotopic (exact) mass is 254 g/mol. The SMILES string of the molecule is CCC(CC)N(CC(C)C)c1nc(N)ncc1F. The van der Waals surface area contributed by atoms with Crippen molar-refractivity contribution in [3.8, 4) is 0 Å². The Morgan fingerprint density at radius 2 is 1.94 bits per heavy atom. The zero-order valence-electron chi connectivity index (χ0n) is 11.7. The van der Waals surface area contributed by atoms with Crippen molar-refractivity contribution in [1.82, 2.24) is 9.97 Å². The quantitative estimate of drug-likeness (QED) is 0.848. The maximum Gasteiger partial charge on any atom is 0.222 e. The van der Waals surface area contributed by atoms with Gasteiger partial charge in [-0.25, -0.2) is 9.37 Å². The van der Waals surface area contributed by atoms with Crippen LogP contribution in [0.25, 0.3) is 0 Å². The summed E-state index contributed by atoms with van der Waals surface area (Å²) in [4.78, 5) is 9.75. The molecule has 0 bridgehead atoms. The minimum atomic E-state index is -0.406. The smallest absolute Gasteiger partial charge is 0.222 e. The van der Waals surface area contributed by atoms with E-state index in [2.05, 4.69) is 37.7 Å². The number of rotatable bonds is 6. The molecule has 0 aromatic carbocycles. The highest BCUT2D eigenvalue weighted by molar-refractivity contribution is 5.43. The second-order valence-corrected chi connectivity index (χ2v) is 4.92. The first-order valence-electron chi connectivity index (χ1n) is 6.54. The molecule has 1 rings (SSSR count). The van der Waals surface area contributed by atoms with Crippen LogP contribution in [-0.4, -0.2) is 22.6 Å². The first kappa shape index (κ1) is 14.7. The van der Waals surface area contributed by atoms with Gasteiger partial charge in [0.2, 0.25) is 5.95 Å². The van der Waals surface area contributed by atoms with Crippen LogP contribution in [0.15, 0.2) is 6.20 Å². The lowest BCUT2D eigenvalue weighted by Crippen LogP contribution is -2.38. The predicted octanol–water partition coefficient (Wildman–Crippen LogP) is 2.85. The predicted molar refractivity (Wildman–Crippen MR) is 73.0 cm³/mol. The molecule has 0 saturated heterocycles. The van der Waals surface area contributed by atoms with Crippen LogP contribution in [0.2, 0.25) is 0 Å². The van der Waals surface area contributed by atoms with Crippen molar-refractivity contribution in [3.63, 3.8) is 0 Å². The van der Waals surface area contributed by atoms with Gasteiger partial charge in [-0.05, 0) is 18.8 Å². The summed E-state index contributed by atoms with van der Waals surface area (Å²) in [5, 5.41) is 0. The highest BCUT2D eigenvalue weighted by Crippen LogP contribution is 2.23. The topological polar surface area (TPSA) is 55.0 Å². The van der Waals surface area contributed by atoms with Gasteiger partial charge in [-0.15, -0.1) is 0 Å². The summed E-state index contributed by atoms with van der Waals surface area (Å²) in [6.45, 7) is 9.18. The molecular weight excluding hydrogens is 231 g/mol. The van der Waals surface area contributed by atoms with Gasteiger partial charge in [0.05, 0.1) is 6.20 Å². The molecule has 0 aliphatic heterocycles. The number of hydrogen-bond donors (Lipinski definition) is 1. The third-order valence-corrected chi connectivity index (χ3v) is 2.96. The van der Waals surface area contributed by atoms with Crippen LogP contribution in [0, 0.1) is 11.7 Å². The second kappa shape index (κ2) is 6.52. The molecular formula is C13H23FN4. The lowest BCUT2D eigenvalue weighted by Gasteiger charge is -2.33. The molecule has 0 fully saturated rings. The van der Waals surface area contributed by atoms with Crippen LogP contribution in [-0.2, 0) is 0 Å². The molecule has 0 aliphatic carbocycles. The van der Waals surface area contributed by atoms with E-state index in [-0.39, 0.29) is 12.0 Å². The van der Waals surface area contributed by atoms with Crippen molar-refractivity contribution in [2.24, 2.45) is 5.92 Å². The highest BCUT2D eigenvalue weighted by atomic mass is 19.1. The Hall–Kier alpha value is -1.39. The summed E-state index contributed by atoms with van der Waals surface area (Å²) < 4.78 is 13.9. The molecule has 1 aromatic heterocycles. The number of aromatic nitrogens is 2. The van der Waals surface area contributed by atoms with Gasteiger partial charge in [-0.2, -0.15) is 4.98 Å². The Balaban J connectivity index is 3.11. The van der Waals surface area contributed by atoms with E-state index < -0.39 is 5.82 Å². The maximum absolute atomic E-state index is 13.9. The summed E-state index contributed by atoms with van der Waals surface area (Å²) in [5.41, 5.74) is 5.56. The van der Waals surface area contributed by atoms with Crippen LogP contribution < -0.4 is 10.6 Å². The molecule has 1 aromatic rings. The van der Waals surface area contributed by atoms with Crippen molar-refractivity contribution in [2.45, 2.75) is 46.6 Å². The van der Waals surface area contributed by atoms with Crippen molar-refractivity contribution in [2.75, 3.05) is 17.2 Å². The van der Waals surface area contributed by atoms with E-state index in [0.29, 0.717) is 11.7 Å². The Morgan fingerprint density at radius 1 is 1.33 bits per heavy atom. The van der Waals surface area contributed by atoms with E-state index >= 15 is 0 Å². The third kappa shape index (κ3) is 3.55. The molecule has 5 heteroatoms. The lowest BCUT2D eigenvalue weighted by atomic mass is 10.1. The number of nitrogens with zero attached hydrogens (tertiary/aromatic N) is 3. The molecule has 18 heavy (non-hydrogen) atoms. The van der Waals surface area contributed by atoms with Gasteiger partial charge in [-0.1, -0.05) is 27.7 Å². The average molecular weight is 254 g/mol. The van der Waals surface area contributed by atoms with Crippen LogP contribution in [0.4, 0.5) is 16.2 Å². The fraction of sp³-hybridized carbons (Fsp3) is 0.692. The van der Waals surface area contributed by atoms with Gasteiger partial charge in [0.15, 0.2) is 11.6 Å². The lowest BCUT2D eigenvalue weighted by molar-refractivity contribution is 0.489. The minimum absolute atomic E-state index is 0.117. The number of halogens is 1. The van der Waals surface area contributed by atoms with E-state index in [1.807, 2.05) is 4.90 Å². The number of anilines is 2. The number of nitrogen functional groups attached to an aromatic ring is 1. The molecule has 0 aliphatic rings. The third-order valence-electron chi connectivity index (χ3n) is 2.96. The zero-order valence-corrected chi connectivity index (χ0v) is 11.7. The molecule has 0 radical (unpaired) electrons. The van der Waals surface area contributed by atoms with E-state index in [1.165, 1.54) is 0 Å². The van der Waals surface area contributed by atoms with Crippen LogP contribution in [0.5, 0.6) is 0 Å². The van der Waals surface area contributed by atoms with Gasteiger partial charge in [0.25, 0.3) is 0 Å². The molecule has 1 heterocycles. The summed E-state index contributed by atoms with van der Waals surface area (Å²) in [7, 11) is 0. The second-order valence-electron chi connectivity index (χ2n) is 4.92. The largest absolute Gasteiger partial charge is 0.368 e. The Kier molecular flexibility index (Phi) is 5.31. The van der Waals surface area contributed by atoms with Crippen LogP contribution in [0.3, 0.4) is 0 Å². The Bertz CT molecular complexity index is 377. The molecule has 0 amide bonds. The maximum atomic E-state index is 13.9. The van der Waals surface area contributed by atoms with Gasteiger partial charge in [0.1, 0.15) is 0 Å². The first-order chi connectivity index (χ1) is 8.49. The highest BCUT2D eigenvalue weighted by Gasteiger charge is 2.21. The van der Waals surface area contributed by atoms with Gasteiger partial charge >= 0.3 is 0 Å².